The quantitative estimate of drug-likeness (QED) is 0.379. The van der Waals surface area contributed by atoms with Crippen LogP contribution in [-0.2, 0) is 10.0 Å². The van der Waals surface area contributed by atoms with Gasteiger partial charge < -0.3 is 10.1 Å². The lowest BCUT2D eigenvalue weighted by molar-refractivity contribution is -0.384. The molecule has 11 heteroatoms. The first kappa shape index (κ1) is 23.0. The Balaban J connectivity index is 1.93. The first-order valence-electron chi connectivity index (χ1n) is 9.14. The van der Waals surface area contributed by atoms with Crippen LogP contribution in [0.1, 0.15) is 15.9 Å². The van der Waals surface area contributed by atoms with Crippen molar-refractivity contribution in [2.75, 3.05) is 17.1 Å². The summed E-state index contributed by atoms with van der Waals surface area (Å²) in [5.41, 5.74) is 0.874. The molecule has 0 spiro atoms. The lowest BCUT2D eigenvalue weighted by Crippen LogP contribution is -2.17. The molecule has 0 heterocycles. The molecule has 0 aliphatic carbocycles. The van der Waals surface area contributed by atoms with Gasteiger partial charge in [0.2, 0.25) is 0 Å². The van der Waals surface area contributed by atoms with E-state index < -0.39 is 20.9 Å². The van der Waals surface area contributed by atoms with Gasteiger partial charge in [-0.15, -0.1) is 0 Å². The number of benzene rings is 3. The van der Waals surface area contributed by atoms with Crippen molar-refractivity contribution in [1.29, 1.82) is 0 Å². The number of carbonyl (C=O) groups is 1. The van der Waals surface area contributed by atoms with Crippen molar-refractivity contribution in [2.45, 2.75) is 11.8 Å². The fraction of sp³-hybridized carbons (Fsp3) is 0.0952. The van der Waals surface area contributed by atoms with E-state index in [1.54, 1.807) is 31.2 Å². The lowest BCUT2D eigenvalue weighted by Gasteiger charge is -2.13. The molecule has 0 radical (unpaired) electrons. The molecule has 0 atom stereocenters. The van der Waals surface area contributed by atoms with E-state index in [2.05, 4.69) is 10.0 Å². The summed E-state index contributed by atoms with van der Waals surface area (Å²) in [7, 11) is -2.75. The maximum absolute atomic E-state index is 12.9. The second kappa shape index (κ2) is 9.25. The smallest absolute Gasteiger partial charge is 0.271 e. The van der Waals surface area contributed by atoms with Crippen molar-refractivity contribution in [3.05, 3.63) is 86.9 Å². The van der Waals surface area contributed by atoms with Gasteiger partial charge in [0, 0.05) is 17.7 Å². The van der Waals surface area contributed by atoms with E-state index >= 15 is 0 Å². The summed E-state index contributed by atoms with van der Waals surface area (Å²) >= 11 is 6.11. The molecule has 3 rings (SSSR count). The third-order valence-corrected chi connectivity index (χ3v) is 6.36. The van der Waals surface area contributed by atoms with Gasteiger partial charge in [-0.05, 0) is 42.8 Å². The highest BCUT2D eigenvalue weighted by Gasteiger charge is 2.22. The van der Waals surface area contributed by atoms with E-state index in [1.165, 1.54) is 31.4 Å². The Morgan fingerprint density at radius 3 is 2.44 bits per heavy atom. The number of carbonyl (C=O) groups excluding carboxylic acids is 1. The number of sulfonamides is 1. The summed E-state index contributed by atoms with van der Waals surface area (Å²) in [5, 5.41) is 13.5. The van der Waals surface area contributed by atoms with Gasteiger partial charge in [0.1, 0.15) is 10.6 Å². The maximum atomic E-state index is 12.9. The van der Waals surface area contributed by atoms with Gasteiger partial charge in [0.25, 0.3) is 21.6 Å². The molecule has 1 amide bonds. The number of ether oxygens (including phenoxy) is 1. The van der Waals surface area contributed by atoms with Gasteiger partial charge in [-0.25, -0.2) is 8.42 Å². The number of nitro benzene ring substituents is 1. The van der Waals surface area contributed by atoms with Crippen molar-refractivity contribution < 1.29 is 22.9 Å². The minimum Gasteiger partial charge on any atom is -0.495 e. The molecule has 166 valence electrons. The fourth-order valence-corrected chi connectivity index (χ4v) is 4.50. The van der Waals surface area contributed by atoms with Crippen LogP contribution in [0.3, 0.4) is 0 Å². The van der Waals surface area contributed by atoms with E-state index in [0.717, 1.165) is 12.1 Å². The Bertz CT molecular complexity index is 1310. The van der Waals surface area contributed by atoms with Crippen LogP contribution in [0.25, 0.3) is 0 Å². The third kappa shape index (κ3) is 4.98. The molecular formula is C21H18ClN3O6S. The molecule has 2 N–H and O–H groups in total. The van der Waals surface area contributed by atoms with Crippen LogP contribution in [0, 0.1) is 17.0 Å². The molecule has 0 saturated heterocycles. The molecule has 3 aromatic rings. The Hall–Kier alpha value is -3.63. The van der Waals surface area contributed by atoms with Crippen molar-refractivity contribution in [2.24, 2.45) is 0 Å². The normalized spacial score (nSPS) is 11.0. The lowest BCUT2D eigenvalue weighted by atomic mass is 10.2. The van der Waals surface area contributed by atoms with Crippen molar-refractivity contribution in [3.63, 3.8) is 0 Å². The van der Waals surface area contributed by atoms with Crippen LogP contribution >= 0.6 is 11.6 Å². The number of nitrogens with zero attached hydrogens (tertiary/aromatic N) is 1. The molecule has 9 nitrogen and oxygen atoms in total. The summed E-state index contributed by atoms with van der Waals surface area (Å²) in [4.78, 5) is 22.9. The molecule has 0 aliphatic rings. The number of methoxy groups -OCH3 is 1. The van der Waals surface area contributed by atoms with Crippen molar-refractivity contribution in [1.82, 2.24) is 0 Å². The van der Waals surface area contributed by atoms with E-state index in [0.29, 0.717) is 11.3 Å². The zero-order chi connectivity index (χ0) is 23.5. The number of rotatable bonds is 7. The number of halogens is 1. The summed E-state index contributed by atoms with van der Waals surface area (Å²) in [5.74, 6) is -0.500. The predicted octanol–water partition coefficient (Wildman–Crippen LogP) is 4.62. The molecule has 0 aliphatic heterocycles. The number of hydrogen-bond donors (Lipinski definition) is 2. The number of nitro groups is 1. The van der Waals surface area contributed by atoms with Crippen LogP contribution < -0.4 is 14.8 Å². The number of non-ortho nitro benzene ring substituents is 1. The van der Waals surface area contributed by atoms with Gasteiger partial charge >= 0.3 is 0 Å². The first-order chi connectivity index (χ1) is 15.1. The van der Waals surface area contributed by atoms with Crippen LogP contribution in [0.4, 0.5) is 17.1 Å². The summed E-state index contributed by atoms with van der Waals surface area (Å²) in [6.45, 7) is 1.75. The number of anilines is 2. The Morgan fingerprint density at radius 2 is 1.78 bits per heavy atom. The minimum absolute atomic E-state index is 0.0203. The molecule has 32 heavy (non-hydrogen) atoms. The van der Waals surface area contributed by atoms with E-state index in [4.69, 9.17) is 16.3 Å². The van der Waals surface area contributed by atoms with Gasteiger partial charge in [-0.1, -0.05) is 29.8 Å². The zero-order valence-electron chi connectivity index (χ0n) is 17.0. The predicted molar refractivity (Wildman–Crippen MR) is 121 cm³/mol. The average Bonchev–Trinajstić information content (AvgIpc) is 2.75. The molecule has 0 aromatic heterocycles. The topological polar surface area (TPSA) is 128 Å². The second-order valence-corrected chi connectivity index (χ2v) is 8.72. The monoisotopic (exact) mass is 475 g/mol. The van der Waals surface area contributed by atoms with Crippen LogP contribution in [0.2, 0.25) is 5.02 Å². The second-order valence-electron chi connectivity index (χ2n) is 6.66. The highest BCUT2D eigenvalue weighted by Crippen LogP contribution is 2.30. The maximum Gasteiger partial charge on any atom is 0.271 e. The molecule has 0 saturated carbocycles. The zero-order valence-corrected chi connectivity index (χ0v) is 18.5. The average molecular weight is 476 g/mol. The largest absolute Gasteiger partial charge is 0.495 e. The summed E-state index contributed by atoms with van der Waals surface area (Å²) < 4.78 is 33.4. The Morgan fingerprint density at radius 1 is 1.06 bits per heavy atom. The van der Waals surface area contributed by atoms with E-state index in [1.807, 2.05) is 0 Å². The summed E-state index contributed by atoms with van der Waals surface area (Å²) in [6, 6.07) is 14.3. The number of nitrogens with one attached hydrogen (secondary N) is 2. The number of aryl methyl sites for hydroxylation is 1. The van der Waals surface area contributed by atoms with Crippen LogP contribution in [0.15, 0.2) is 65.6 Å². The third-order valence-electron chi connectivity index (χ3n) is 4.51. The summed E-state index contributed by atoms with van der Waals surface area (Å²) in [6.07, 6.45) is 0. The number of para-hydroxylation sites is 1. The van der Waals surface area contributed by atoms with Gasteiger partial charge in [0.05, 0.1) is 28.4 Å². The fourth-order valence-electron chi connectivity index (χ4n) is 2.84. The van der Waals surface area contributed by atoms with Gasteiger partial charge in [-0.3, -0.25) is 19.6 Å². The Kier molecular flexibility index (Phi) is 6.66. The van der Waals surface area contributed by atoms with Crippen LogP contribution in [-0.4, -0.2) is 26.4 Å². The highest BCUT2D eigenvalue weighted by atomic mass is 35.5. The van der Waals surface area contributed by atoms with Crippen molar-refractivity contribution in [3.8, 4) is 5.75 Å². The van der Waals surface area contributed by atoms with E-state index in [9.17, 15) is 23.3 Å². The van der Waals surface area contributed by atoms with Gasteiger partial charge in [0.15, 0.2) is 0 Å². The standard InChI is InChI=1S/C21H18ClN3O6S/c1-13-5-3-4-6-17(13)24-32(29,30)20-11-14(7-9-16(20)22)21(26)23-18-12-15(25(27)28)8-10-19(18)31-2/h3-12,24H,1-2H3,(H,23,26). The SMILES string of the molecule is COc1ccc([N+](=O)[O-])cc1NC(=O)c1ccc(Cl)c(S(=O)(=O)Nc2ccccc2C)c1. The highest BCUT2D eigenvalue weighted by molar-refractivity contribution is 7.92. The molecule has 3 aromatic carbocycles. The number of amides is 1. The molecule has 0 unspecified atom stereocenters. The molecular weight excluding hydrogens is 458 g/mol. The Labute approximate surface area is 189 Å². The van der Waals surface area contributed by atoms with Gasteiger partial charge in [-0.2, -0.15) is 0 Å². The molecule has 0 fully saturated rings. The number of hydrogen-bond acceptors (Lipinski definition) is 6. The van der Waals surface area contributed by atoms with Crippen molar-refractivity contribution >= 4 is 44.6 Å². The van der Waals surface area contributed by atoms with E-state index in [-0.39, 0.29) is 32.6 Å². The molecule has 0 bridgehead atoms. The minimum atomic E-state index is -4.10. The van der Waals surface area contributed by atoms with Crippen LogP contribution in [0.5, 0.6) is 5.75 Å². The first-order valence-corrected chi connectivity index (χ1v) is 11.0.